The summed E-state index contributed by atoms with van der Waals surface area (Å²) in [5, 5.41) is 9.60. The predicted molar refractivity (Wildman–Crippen MR) is 96.6 cm³/mol. The van der Waals surface area contributed by atoms with Gasteiger partial charge in [-0.2, -0.15) is 0 Å². The molecule has 1 fully saturated rings. The molecule has 4 rings (SSSR count). The molecule has 0 radical (unpaired) electrons. The van der Waals surface area contributed by atoms with Gasteiger partial charge in [-0.3, -0.25) is 4.90 Å². The van der Waals surface area contributed by atoms with Gasteiger partial charge >= 0.3 is 0 Å². The Morgan fingerprint density at radius 2 is 2.08 bits per heavy atom. The van der Waals surface area contributed by atoms with Crippen molar-refractivity contribution in [3.05, 3.63) is 65.6 Å². The number of aromatic nitrogens is 2. The molecule has 3 heterocycles. The van der Waals surface area contributed by atoms with Crippen LogP contribution in [0.5, 0.6) is 5.75 Å². The lowest BCUT2D eigenvalue weighted by molar-refractivity contribution is 0.175. The summed E-state index contributed by atoms with van der Waals surface area (Å²) in [6.45, 7) is 5.13. The average molecular weight is 337 g/mol. The zero-order chi connectivity index (χ0) is 17.2. The molecule has 2 aromatic heterocycles. The van der Waals surface area contributed by atoms with Gasteiger partial charge in [0.2, 0.25) is 0 Å². The zero-order valence-electron chi connectivity index (χ0n) is 14.4. The van der Waals surface area contributed by atoms with Crippen LogP contribution in [0.15, 0.2) is 48.8 Å². The lowest BCUT2D eigenvalue weighted by atomic mass is 10.2. The van der Waals surface area contributed by atoms with Crippen molar-refractivity contribution in [1.29, 1.82) is 0 Å². The van der Waals surface area contributed by atoms with E-state index >= 15 is 0 Å². The third-order valence-corrected chi connectivity index (χ3v) is 4.69. The van der Waals surface area contributed by atoms with Crippen molar-refractivity contribution in [3.8, 4) is 5.75 Å². The highest BCUT2D eigenvalue weighted by atomic mass is 16.5. The van der Waals surface area contributed by atoms with E-state index in [2.05, 4.69) is 35.0 Å². The minimum atomic E-state index is -0.170. The Hall–Kier alpha value is -2.37. The standard InChI is InChI=1S/C20H23N3O2/c1-15-3-2-9-23-12-17(21-20(15)23)14-25-19-6-4-16(5-7-19)11-22-10-8-18(24)13-22/h2-7,9,12,18,24H,8,10-11,13-14H2,1H3/t18-/m0/s1. The summed E-state index contributed by atoms with van der Waals surface area (Å²) < 4.78 is 7.90. The van der Waals surface area contributed by atoms with Gasteiger partial charge in [-0.05, 0) is 42.7 Å². The van der Waals surface area contributed by atoms with E-state index in [-0.39, 0.29) is 6.10 Å². The first-order valence-corrected chi connectivity index (χ1v) is 8.73. The quantitative estimate of drug-likeness (QED) is 0.778. The molecule has 1 aliphatic rings. The number of nitrogens with zero attached hydrogens (tertiary/aromatic N) is 3. The van der Waals surface area contributed by atoms with Gasteiger partial charge in [0.25, 0.3) is 0 Å². The van der Waals surface area contributed by atoms with Crippen LogP contribution in [0.4, 0.5) is 0 Å². The maximum Gasteiger partial charge on any atom is 0.140 e. The van der Waals surface area contributed by atoms with Crippen LogP contribution in [0.2, 0.25) is 0 Å². The molecular weight excluding hydrogens is 314 g/mol. The van der Waals surface area contributed by atoms with E-state index in [4.69, 9.17) is 4.74 Å². The van der Waals surface area contributed by atoms with E-state index in [1.54, 1.807) is 0 Å². The molecule has 0 unspecified atom stereocenters. The van der Waals surface area contributed by atoms with Crippen LogP contribution in [0.25, 0.3) is 5.65 Å². The van der Waals surface area contributed by atoms with Gasteiger partial charge in [-0.15, -0.1) is 0 Å². The average Bonchev–Trinajstić information content (AvgIpc) is 3.21. The van der Waals surface area contributed by atoms with Crippen LogP contribution in [-0.2, 0) is 13.2 Å². The monoisotopic (exact) mass is 337 g/mol. The van der Waals surface area contributed by atoms with E-state index < -0.39 is 0 Å². The number of aryl methyl sites for hydroxylation is 1. The summed E-state index contributed by atoms with van der Waals surface area (Å²) in [5.41, 5.74) is 4.30. The second-order valence-electron chi connectivity index (χ2n) is 6.76. The number of fused-ring (bicyclic) bond motifs is 1. The molecular formula is C20H23N3O2. The van der Waals surface area contributed by atoms with Crippen LogP contribution >= 0.6 is 0 Å². The maximum absolute atomic E-state index is 9.60. The van der Waals surface area contributed by atoms with Crippen molar-refractivity contribution in [1.82, 2.24) is 14.3 Å². The van der Waals surface area contributed by atoms with Crippen molar-refractivity contribution >= 4 is 5.65 Å². The molecule has 1 saturated heterocycles. The van der Waals surface area contributed by atoms with Crippen LogP contribution < -0.4 is 4.74 Å². The number of pyridine rings is 1. The first-order valence-electron chi connectivity index (χ1n) is 8.73. The number of hydrogen-bond donors (Lipinski definition) is 1. The Kier molecular flexibility index (Phi) is 4.42. The van der Waals surface area contributed by atoms with Gasteiger partial charge in [0.05, 0.1) is 11.8 Å². The summed E-state index contributed by atoms with van der Waals surface area (Å²) in [6, 6.07) is 12.3. The molecule has 0 spiro atoms. The first-order chi connectivity index (χ1) is 12.2. The smallest absolute Gasteiger partial charge is 0.140 e. The minimum Gasteiger partial charge on any atom is -0.487 e. The summed E-state index contributed by atoms with van der Waals surface area (Å²) in [6.07, 6.45) is 4.72. The topological polar surface area (TPSA) is 50.0 Å². The number of ether oxygens (including phenoxy) is 1. The molecule has 3 aromatic rings. The zero-order valence-corrected chi connectivity index (χ0v) is 14.4. The van der Waals surface area contributed by atoms with Gasteiger partial charge in [0, 0.05) is 32.0 Å². The van der Waals surface area contributed by atoms with Crippen molar-refractivity contribution in [2.24, 2.45) is 0 Å². The number of likely N-dealkylation sites (tertiary alicyclic amines) is 1. The summed E-state index contributed by atoms with van der Waals surface area (Å²) in [7, 11) is 0. The fourth-order valence-electron chi connectivity index (χ4n) is 3.34. The number of aliphatic hydroxyl groups excluding tert-OH is 1. The number of β-amino-alcohol motifs (C(OH)–C–C–N with tert-alkyl or cyclic N) is 1. The molecule has 0 saturated carbocycles. The molecule has 1 aromatic carbocycles. The minimum absolute atomic E-state index is 0.170. The van der Waals surface area contributed by atoms with E-state index in [0.717, 1.165) is 48.7 Å². The molecule has 1 atom stereocenters. The fourth-order valence-corrected chi connectivity index (χ4v) is 3.34. The van der Waals surface area contributed by atoms with Gasteiger partial charge in [0.1, 0.15) is 18.0 Å². The Balaban J connectivity index is 1.36. The number of hydrogen-bond acceptors (Lipinski definition) is 4. The van der Waals surface area contributed by atoms with E-state index in [1.807, 2.05) is 35.0 Å². The second kappa shape index (κ2) is 6.86. The van der Waals surface area contributed by atoms with E-state index in [1.165, 1.54) is 5.56 Å². The Morgan fingerprint density at radius 3 is 2.80 bits per heavy atom. The van der Waals surface area contributed by atoms with Crippen LogP contribution in [0.1, 0.15) is 23.2 Å². The highest BCUT2D eigenvalue weighted by molar-refractivity contribution is 5.47. The van der Waals surface area contributed by atoms with Gasteiger partial charge < -0.3 is 14.2 Å². The lowest BCUT2D eigenvalue weighted by Crippen LogP contribution is -2.21. The highest BCUT2D eigenvalue weighted by Crippen LogP contribution is 2.18. The molecule has 0 bridgehead atoms. The van der Waals surface area contributed by atoms with Crippen LogP contribution in [-0.4, -0.2) is 38.6 Å². The Bertz CT molecular complexity index is 857. The van der Waals surface area contributed by atoms with Gasteiger partial charge in [-0.25, -0.2) is 4.98 Å². The number of benzene rings is 1. The molecule has 25 heavy (non-hydrogen) atoms. The summed E-state index contributed by atoms with van der Waals surface area (Å²) in [5.74, 6) is 0.846. The Morgan fingerprint density at radius 1 is 1.24 bits per heavy atom. The Labute approximate surface area is 147 Å². The molecule has 5 nitrogen and oxygen atoms in total. The molecule has 130 valence electrons. The summed E-state index contributed by atoms with van der Waals surface area (Å²) in [4.78, 5) is 6.91. The largest absolute Gasteiger partial charge is 0.487 e. The van der Waals surface area contributed by atoms with Crippen LogP contribution in [0.3, 0.4) is 0 Å². The van der Waals surface area contributed by atoms with E-state index in [9.17, 15) is 5.11 Å². The molecule has 0 amide bonds. The fraction of sp³-hybridized carbons (Fsp3) is 0.350. The molecule has 1 aliphatic heterocycles. The predicted octanol–water partition coefficient (Wildman–Crippen LogP) is 2.79. The first kappa shape index (κ1) is 16.1. The lowest BCUT2D eigenvalue weighted by Gasteiger charge is -2.15. The SMILES string of the molecule is Cc1cccn2cc(COc3ccc(CN4CC[C@H](O)C4)cc3)nc12. The molecule has 0 aliphatic carbocycles. The van der Waals surface area contributed by atoms with Gasteiger partial charge in [-0.1, -0.05) is 18.2 Å². The third-order valence-electron chi connectivity index (χ3n) is 4.69. The normalized spacial score (nSPS) is 18.1. The van der Waals surface area contributed by atoms with E-state index in [0.29, 0.717) is 6.61 Å². The highest BCUT2D eigenvalue weighted by Gasteiger charge is 2.19. The summed E-state index contributed by atoms with van der Waals surface area (Å²) >= 11 is 0. The van der Waals surface area contributed by atoms with Crippen molar-refractivity contribution in [3.63, 3.8) is 0 Å². The van der Waals surface area contributed by atoms with Crippen molar-refractivity contribution in [2.75, 3.05) is 13.1 Å². The maximum atomic E-state index is 9.60. The molecule has 5 heteroatoms. The number of aliphatic hydroxyl groups is 1. The third kappa shape index (κ3) is 3.67. The second-order valence-corrected chi connectivity index (χ2v) is 6.76. The number of rotatable bonds is 5. The van der Waals surface area contributed by atoms with Crippen LogP contribution in [0, 0.1) is 6.92 Å². The molecule has 1 N–H and O–H groups in total. The van der Waals surface area contributed by atoms with Crippen molar-refractivity contribution < 1.29 is 9.84 Å². The van der Waals surface area contributed by atoms with Gasteiger partial charge in [0.15, 0.2) is 0 Å². The van der Waals surface area contributed by atoms with Crippen molar-refractivity contribution in [2.45, 2.75) is 32.6 Å². The number of imidazole rings is 1.